The van der Waals surface area contributed by atoms with Crippen molar-refractivity contribution in [2.24, 2.45) is 16.6 Å². The quantitative estimate of drug-likeness (QED) is 0.641. The van der Waals surface area contributed by atoms with Crippen LogP contribution in [0.1, 0.15) is 30.3 Å². The number of allylic oxidation sites excluding steroid dienone is 2. The van der Waals surface area contributed by atoms with E-state index in [0.29, 0.717) is 10.9 Å². The molecule has 0 aliphatic heterocycles. The lowest BCUT2D eigenvalue weighted by Crippen LogP contribution is -2.29. The van der Waals surface area contributed by atoms with Crippen molar-refractivity contribution < 1.29 is 13.6 Å². The van der Waals surface area contributed by atoms with Crippen LogP contribution in [0, 0.1) is 5.92 Å². The molecule has 2 heterocycles. The minimum absolute atomic E-state index is 0.000611. The Kier molecular flexibility index (Phi) is 5.40. The van der Waals surface area contributed by atoms with Gasteiger partial charge in [-0.25, -0.2) is 13.8 Å². The van der Waals surface area contributed by atoms with Gasteiger partial charge in [0.25, 0.3) is 12.3 Å². The van der Waals surface area contributed by atoms with Gasteiger partial charge in [0, 0.05) is 23.4 Å². The number of thiazole rings is 1. The Labute approximate surface area is 152 Å². The van der Waals surface area contributed by atoms with Gasteiger partial charge in [-0.15, -0.1) is 11.3 Å². The van der Waals surface area contributed by atoms with Crippen LogP contribution in [-0.4, -0.2) is 39.8 Å². The van der Waals surface area contributed by atoms with Crippen molar-refractivity contribution >= 4 is 23.5 Å². The highest BCUT2D eigenvalue weighted by Gasteiger charge is 2.27. The van der Waals surface area contributed by atoms with Crippen LogP contribution in [0.2, 0.25) is 0 Å². The topological polar surface area (TPSA) is 109 Å². The summed E-state index contributed by atoms with van der Waals surface area (Å²) in [6, 6.07) is -0.000611. The van der Waals surface area contributed by atoms with Gasteiger partial charge in [-0.05, 0) is 25.7 Å². The lowest BCUT2D eigenvalue weighted by molar-refractivity contribution is 0.0962. The van der Waals surface area contributed by atoms with E-state index < -0.39 is 18.0 Å². The summed E-state index contributed by atoms with van der Waals surface area (Å²) in [5.74, 6) is -0.160. The van der Waals surface area contributed by atoms with Gasteiger partial charge >= 0.3 is 0 Å². The molecule has 1 fully saturated rings. The number of halogens is 2. The number of amides is 1. The standard InChI is InChI=1S/C16H18F2N6OS/c1-8(9-2-3-9)20-6-11(13(19)14(17)18)23-15(25)12-7-26-16(24-12)10-4-21-22-5-10/h4-9,14H,2-3,19H2,1H3,(H,21,22)(H,23,25)/b13-11+,20-6?. The summed E-state index contributed by atoms with van der Waals surface area (Å²) >= 11 is 1.25. The van der Waals surface area contributed by atoms with E-state index >= 15 is 0 Å². The third kappa shape index (κ3) is 4.31. The number of H-pyrrole nitrogens is 1. The molecule has 26 heavy (non-hydrogen) atoms. The van der Waals surface area contributed by atoms with Gasteiger partial charge in [0.2, 0.25) is 0 Å². The van der Waals surface area contributed by atoms with E-state index in [1.165, 1.54) is 22.9 Å². The van der Waals surface area contributed by atoms with E-state index in [1.54, 1.807) is 12.4 Å². The largest absolute Gasteiger partial charge is 0.396 e. The average molecular weight is 380 g/mol. The molecule has 4 N–H and O–H groups in total. The summed E-state index contributed by atoms with van der Waals surface area (Å²) in [5.41, 5.74) is 5.35. The Balaban J connectivity index is 1.75. The lowest BCUT2D eigenvalue weighted by Gasteiger charge is -2.10. The van der Waals surface area contributed by atoms with E-state index in [1.807, 2.05) is 6.92 Å². The highest BCUT2D eigenvalue weighted by molar-refractivity contribution is 7.13. The molecule has 2 aromatic heterocycles. The molecule has 1 aliphatic carbocycles. The molecule has 10 heteroatoms. The summed E-state index contributed by atoms with van der Waals surface area (Å²) in [6.45, 7) is 1.91. The Hall–Kier alpha value is -2.62. The summed E-state index contributed by atoms with van der Waals surface area (Å²) in [5, 5.41) is 11.0. The molecule has 1 aliphatic rings. The van der Waals surface area contributed by atoms with Gasteiger partial charge in [0.15, 0.2) is 0 Å². The van der Waals surface area contributed by atoms with E-state index in [2.05, 4.69) is 25.5 Å². The molecule has 0 radical (unpaired) electrons. The number of aliphatic imine (C=N–C) groups is 1. The van der Waals surface area contributed by atoms with E-state index in [9.17, 15) is 13.6 Å². The molecule has 3 rings (SSSR count). The first-order valence-corrected chi connectivity index (χ1v) is 8.90. The predicted molar refractivity (Wildman–Crippen MR) is 95.1 cm³/mol. The van der Waals surface area contributed by atoms with Crippen LogP contribution >= 0.6 is 11.3 Å². The Morgan fingerprint density at radius 1 is 1.54 bits per heavy atom. The molecular weight excluding hydrogens is 362 g/mol. The predicted octanol–water partition coefficient (Wildman–Crippen LogP) is 2.57. The maximum atomic E-state index is 13.0. The zero-order valence-corrected chi connectivity index (χ0v) is 14.8. The SMILES string of the molecule is CC(N=C/C(NC(=O)c1csc(-c2cn[nH]c2)n1)=C(\N)C(F)F)C1CC1. The van der Waals surface area contributed by atoms with E-state index in [-0.39, 0.29) is 17.4 Å². The monoisotopic (exact) mass is 380 g/mol. The fourth-order valence-electron chi connectivity index (χ4n) is 2.25. The fraction of sp³-hybridized carbons (Fsp3) is 0.375. The summed E-state index contributed by atoms with van der Waals surface area (Å²) in [7, 11) is 0. The normalized spacial score (nSPS) is 16.8. The number of nitrogens with two attached hydrogens (primary N) is 1. The molecule has 0 aromatic carbocycles. The van der Waals surface area contributed by atoms with Crippen molar-refractivity contribution in [2.45, 2.75) is 32.2 Å². The molecule has 2 aromatic rings. The van der Waals surface area contributed by atoms with Crippen LogP contribution in [0.25, 0.3) is 10.6 Å². The molecule has 1 saturated carbocycles. The van der Waals surface area contributed by atoms with Crippen LogP contribution in [0.15, 0.2) is 34.2 Å². The molecule has 0 bridgehead atoms. The van der Waals surface area contributed by atoms with Gasteiger partial charge in [0.05, 0.1) is 17.9 Å². The van der Waals surface area contributed by atoms with Gasteiger partial charge in [-0.3, -0.25) is 14.9 Å². The van der Waals surface area contributed by atoms with E-state index in [4.69, 9.17) is 5.73 Å². The number of carbonyl (C=O) groups is 1. The Morgan fingerprint density at radius 3 is 2.92 bits per heavy atom. The number of alkyl halides is 2. The van der Waals surface area contributed by atoms with Gasteiger partial charge in [-0.2, -0.15) is 5.10 Å². The van der Waals surface area contributed by atoms with Crippen molar-refractivity contribution in [3.05, 3.63) is 34.9 Å². The van der Waals surface area contributed by atoms with Crippen LogP contribution in [-0.2, 0) is 0 Å². The Bertz CT molecular complexity index is 826. The van der Waals surface area contributed by atoms with E-state index in [0.717, 1.165) is 18.4 Å². The van der Waals surface area contributed by atoms with Crippen LogP contribution in [0.4, 0.5) is 8.78 Å². The van der Waals surface area contributed by atoms with Crippen LogP contribution in [0.5, 0.6) is 0 Å². The Morgan fingerprint density at radius 2 is 2.31 bits per heavy atom. The number of hydrogen-bond acceptors (Lipinski definition) is 6. The number of nitrogens with one attached hydrogen (secondary N) is 2. The first-order valence-electron chi connectivity index (χ1n) is 8.02. The zero-order valence-electron chi connectivity index (χ0n) is 13.9. The molecule has 1 amide bonds. The van der Waals surface area contributed by atoms with Crippen molar-refractivity contribution in [3.63, 3.8) is 0 Å². The highest BCUT2D eigenvalue weighted by Crippen LogP contribution is 2.34. The molecule has 0 spiro atoms. The number of aromatic nitrogens is 3. The maximum absolute atomic E-state index is 13.0. The number of carbonyl (C=O) groups excluding carboxylic acids is 1. The summed E-state index contributed by atoms with van der Waals surface area (Å²) in [6.07, 6.45) is 3.68. The smallest absolute Gasteiger partial charge is 0.279 e. The van der Waals surface area contributed by atoms with Crippen molar-refractivity contribution in [3.8, 4) is 10.6 Å². The molecular formula is C16H18F2N6OS. The number of nitrogens with zero attached hydrogens (tertiary/aromatic N) is 3. The summed E-state index contributed by atoms with van der Waals surface area (Å²) in [4.78, 5) is 20.8. The molecule has 0 saturated heterocycles. The first kappa shape index (κ1) is 18.2. The molecule has 1 atom stereocenters. The average Bonchev–Trinajstić information content (AvgIpc) is 3.11. The van der Waals surface area contributed by atoms with Crippen molar-refractivity contribution in [2.75, 3.05) is 0 Å². The number of aromatic amines is 1. The second-order valence-corrected chi connectivity index (χ2v) is 6.86. The minimum Gasteiger partial charge on any atom is -0.396 e. The molecule has 7 nitrogen and oxygen atoms in total. The van der Waals surface area contributed by atoms with Gasteiger partial charge in [-0.1, -0.05) is 0 Å². The second-order valence-electron chi connectivity index (χ2n) is 6.00. The first-order chi connectivity index (χ1) is 12.5. The lowest BCUT2D eigenvalue weighted by atomic mass is 10.2. The highest BCUT2D eigenvalue weighted by atomic mass is 32.1. The second kappa shape index (κ2) is 7.73. The maximum Gasteiger partial charge on any atom is 0.279 e. The van der Waals surface area contributed by atoms with Crippen molar-refractivity contribution in [1.29, 1.82) is 0 Å². The summed E-state index contributed by atoms with van der Waals surface area (Å²) < 4.78 is 26.0. The third-order valence-corrected chi connectivity index (χ3v) is 4.91. The minimum atomic E-state index is -2.90. The van der Waals surface area contributed by atoms with Crippen LogP contribution < -0.4 is 11.1 Å². The number of rotatable bonds is 7. The third-order valence-electron chi connectivity index (χ3n) is 4.02. The fourth-order valence-corrected chi connectivity index (χ4v) is 3.04. The molecule has 138 valence electrons. The number of hydrogen-bond donors (Lipinski definition) is 3. The van der Waals surface area contributed by atoms with Crippen LogP contribution in [0.3, 0.4) is 0 Å². The van der Waals surface area contributed by atoms with Crippen molar-refractivity contribution in [1.82, 2.24) is 20.5 Å². The zero-order chi connectivity index (χ0) is 18.7. The molecule has 1 unspecified atom stereocenters. The van der Waals surface area contributed by atoms with Gasteiger partial charge in [0.1, 0.15) is 16.4 Å². The van der Waals surface area contributed by atoms with Gasteiger partial charge < -0.3 is 11.1 Å².